The normalized spacial score (nSPS) is 21.2. The number of allylic oxidation sites excluding steroid dienone is 6. The van der Waals surface area contributed by atoms with Crippen LogP contribution in [0.25, 0.3) is 0 Å². The third kappa shape index (κ3) is 28.0. The molecule has 4 N–H and O–H groups in total. The third-order valence-corrected chi connectivity index (χ3v) is 10.2. The van der Waals surface area contributed by atoms with Crippen molar-refractivity contribution in [3.8, 4) is 0 Å². The van der Waals surface area contributed by atoms with Crippen LogP contribution in [0.4, 0.5) is 0 Å². The summed E-state index contributed by atoms with van der Waals surface area (Å²) in [7, 11) is -4.60. The molecule has 320 valence electrons. The minimum absolute atomic E-state index is 0.146. The Morgan fingerprint density at radius 3 is 1.71 bits per heavy atom. The van der Waals surface area contributed by atoms with Gasteiger partial charge in [0.15, 0.2) is 12.4 Å². The largest absolute Gasteiger partial charge is 0.462 e. The molecule has 0 aromatic carbocycles. The molecule has 1 aliphatic heterocycles. The van der Waals surface area contributed by atoms with Crippen LogP contribution < -0.4 is 0 Å². The highest BCUT2D eigenvalue weighted by Crippen LogP contribution is 2.24. The van der Waals surface area contributed by atoms with E-state index >= 15 is 0 Å². The van der Waals surface area contributed by atoms with Crippen LogP contribution in [-0.2, 0) is 38.7 Å². The molecular formula is C42H74O12S. The van der Waals surface area contributed by atoms with Gasteiger partial charge < -0.3 is 34.3 Å². The van der Waals surface area contributed by atoms with Gasteiger partial charge in [0.25, 0.3) is 10.1 Å². The van der Waals surface area contributed by atoms with Crippen molar-refractivity contribution in [1.82, 2.24) is 0 Å². The van der Waals surface area contributed by atoms with E-state index in [1.54, 1.807) is 0 Å². The number of aliphatic hydroxyl groups excluding tert-OH is 3. The second-order valence-corrected chi connectivity index (χ2v) is 16.1. The smallest absolute Gasteiger partial charge is 0.306 e. The molecule has 6 atom stereocenters. The lowest BCUT2D eigenvalue weighted by Gasteiger charge is -2.40. The number of ether oxygens (including phenoxy) is 4. The lowest BCUT2D eigenvalue weighted by Crippen LogP contribution is -2.60. The standard InChI is InChI=1S/C42H74O12S/c1-3-5-7-9-11-13-15-17-18-19-21-23-25-27-29-31-38(44)53-35(33-52-42-41(47)40(46)39(45)36(54-42)34-55(48,49)50)32-51-37(43)30-28-26-24-22-20-16-14-12-10-8-6-4-2/h5,7,11,13,17-18,35-36,39-42,45-47H,3-4,6,8-10,12,14-16,19-34H2,1-2H3,(H,48,49,50)/b7-5+,13-11+,18-17+/t35-,36-,39-,40?,41?,42+/m1/s1. The maximum atomic E-state index is 12.8. The Hall–Kier alpha value is -2.13. The zero-order chi connectivity index (χ0) is 40.6. The summed E-state index contributed by atoms with van der Waals surface area (Å²) in [6, 6.07) is 0. The van der Waals surface area contributed by atoms with E-state index in [0.717, 1.165) is 70.6 Å². The van der Waals surface area contributed by atoms with Crippen molar-refractivity contribution >= 4 is 22.1 Å². The molecule has 13 heteroatoms. The monoisotopic (exact) mass is 802 g/mol. The first kappa shape index (κ1) is 50.9. The number of carbonyl (C=O) groups is 2. The van der Waals surface area contributed by atoms with Crippen LogP contribution in [0.5, 0.6) is 0 Å². The molecule has 0 spiro atoms. The molecule has 12 nitrogen and oxygen atoms in total. The molecule has 0 bridgehead atoms. The Bertz CT molecular complexity index is 1170. The first-order chi connectivity index (χ1) is 26.5. The molecule has 55 heavy (non-hydrogen) atoms. The SMILES string of the molecule is CC/C=C/C/C=C/C/C=C/CCCCCCCC(=O)O[C@H](COC(=O)CCCCCCCCCCCCCC)CO[C@H]1O[C@H](CS(=O)(=O)O)[C@@H](O)C(O)C1O. The number of aliphatic hydroxyl groups is 3. The van der Waals surface area contributed by atoms with Crippen molar-refractivity contribution in [3.05, 3.63) is 36.5 Å². The Morgan fingerprint density at radius 1 is 0.636 bits per heavy atom. The van der Waals surface area contributed by atoms with Crippen molar-refractivity contribution in [2.45, 2.75) is 198 Å². The number of unbranched alkanes of at least 4 members (excludes halogenated alkanes) is 16. The van der Waals surface area contributed by atoms with Crippen molar-refractivity contribution in [3.63, 3.8) is 0 Å². The number of hydrogen-bond acceptors (Lipinski definition) is 11. The van der Waals surface area contributed by atoms with E-state index in [2.05, 4.69) is 50.3 Å². The molecule has 1 saturated heterocycles. The van der Waals surface area contributed by atoms with Gasteiger partial charge in [-0.15, -0.1) is 0 Å². The first-order valence-corrected chi connectivity index (χ1v) is 22.7. The van der Waals surface area contributed by atoms with E-state index in [1.807, 2.05) is 0 Å². The van der Waals surface area contributed by atoms with Crippen molar-refractivity contribution in [2.24, 2.45) is 0 Å². The zero-order valence-corrected chi connectivity index (χ0v) is 34.6. The van der Waals surface area contributed by atoms with Gasteiger partial charge in [-0.25, -0.2) is 0 Å². The Kier molecular flexibility index (Phi) is 30.4. The molecule has 0 aromatic rings. The number of esters is 2. The van der Waals surface area contributed by atoms with Gasteiger partial charge in [-0.2, -0.15) is 8.42 Å². The van der Waals surface area contributed by atoms with Gasteiger partial charge in [-0.1, -0.05) is 140 Å². The molecule has 0 saturated carbocycles. The topological polar surface area (TPSA) is 186 Å². The predicted octanol–water partition coefficient (Wildman–Crippen LogP) is 7.83. The number of rotatable bonds is 34. The van der Waals surface area contributed by atoms with Gasteiger partial charge in [0.05, 0.1) is 6.61 Å². The number of hydrogen-bond donors (Lipinski definition) is 4. The van der Waals surface area contributed by atoms with Crippen molar-refractivity contribution in [1.29, 1.82) is 0 Å². The summed E-state index contributed by atoms with van der Waals surface area (Å²) in [4.78, 5) is 25.3. The lowest BCUT2D eigenvalue weighted by molar-refractivity contribution is -0.297. The van der Waals surface area contributed by atoms with E-state index in [9.17, 15) is 37.9 Å². The summed E-state index contributed by atoms with van der Waals surface area (Å²) < 4.78 is 53.9. The highest BCUT2D eigenvalue weighted by molar-refractivity contribution is 7.85. The molecule has 1 rings (SSSR count). The van der Waals surface area contributed by atoms with Crippen LogP contribution >= 0.6 is 0 Å². The van der Waals surface area contributed by atoms with Gasteiger partial charge in [0.1, 0.15) is 36.8 Å². The highest BCUT2D eigenvalue weighted by atomic mass is 32.2. The minimum atomic E-state index is -4.60. The summed E-state index contributed by atoms with van der Waals surface area (Å²) in [6.45, 7) is 3.61. The molecule has 2 unspecified atom stereocenters. The fourth-order valence-corrected chi connectivity index (χ4v) is 6.91. The summed E-state index contributed by atoms with van der Waals surface area (Å²) in [5.41, 5.74) is 0. The van der Waals surface area contributed by atoms with E-state index in [1.165, 1.54) is 51.4 Å². The molecule has 1 fully saturated rings. The fraction of sp³-hybridized carbons (Fsp3) is 0.810. The van der Waals surface area contributed by atoms with Crippen molar-refractivity contribution in [2.75, 3.05) is 19.0 Å². The summed E-state index contributed by atoms with van der Waals surface area (Å²) in [6.07, 6.45) is 26.2. The van der Waals surface area contributed by atoms with Crippen LogP contribution in [0, 0.1) is 0 Å². The summed E-state index contributed by atoms with van der Waals surface area (Å²) in [5.74, 6) is -2.00. The van der Waals surface area contributed by atoms with Crippen LogP contribution in [0.2, 0.25) is 0 Å². The second kappa shape index (κ2) is 32.9. The Balaban J connectivity index is 2.50. The van der Waals surface area contributed by atoms with Crippen LogP contribution in [0.15, 0.2) is 36.5 Å². The molecule has 0 amide bonds. The van der Waals surface area contributed by atoms with Crippen LogP contribution in [0.1, 0.15) is 162 Å². The number of carbonyl (C=O) groups excluding carboxylic acids is 2. The molecule has 0 aliphatic carbocycles. The summed E-state index contributed by atoms with van der Waals surface area (Å²) in [5, 5.41) is 30.8. The summed E-state index contributed by atoms with van der Waals surface area (Å²) >= 11 is 0. The van der Waals surface area contributed by atoms with Crippen LogP contribution in [-0.4, -0.2) is 96.0 Å². The zero-order valence-electron chi connectivity index (χ0n) is 33.8. The molecule has 0 aromatic heterocycles. The molecule has 1 heterocycles. The van der Waals surface area contributed by atoms with Gasteiger partial charge in [0, 0.05) is 12.8 Å². The van der Waals surface area contributed by atoms with Crippen LogP contribution in [0.3, 0.4) is 0 Å². The maximum Gasteiger partial charge on any atom is 0.306 e. The van der Waals surface area contributed by atoms with Gasteiger partial charge in [-0.05, 0) is 44.9 Å². The molecule has 1 aliphatic rings. The quantitative estimate of drug-likeness (QED) is 0.0214. The maximum absolute atomic E-state index is 12.8. The van der Waals surface area contributed by atoms with Crippen molar-refractivity contribution < 1.29 is 56.8 Å². The third-order valence-electron chi connectivity index (χ3n) is 9.48. The highest BCUT2D eigenvalue weighted by Gasteiger charge is 2.46. The van der Waals surface area contributed by atoms with Gasteiger partial charge >= 0.3 is 11.9 Å². The average molecular weight is 803 g/mol. The van der Waals surface area contributed by atoms with E-state index in [-0.39, 0.29) is 19.4 Å². The van der Waals surface area contributed by atoms with Gasteiger partial charge in [-0.3, -0.25) is 14.1 Å². The molecular weight excluding hydrogens is 729 g/mol. The predicted molar refractivity (Wildman–Crippen MR) is 215 cm³/mol. The lowest BCUT2D eigenvalue weighted by atomic mass is 10.00. The minimum Gasteiger partial charge on any atom is -0.462 e. The second-order valence-electron chi connectivity index (χ2n) is 14.6. The van der Waals surface area contributed by atoms with E-state index in [0.29, 0.717) is 12.8 Å². The Morgan fingerprint density at radius 2 is 1.15 bits per heavy atom. The van der Waals surface area contributed by atoms with Gasteiger partial charge in [0.2, 0.25) is 0 Å². The Labute approximate surface area is 331 Å². The first-order valence-electron chi connectivity index (χ1n) is 21.0. The molecule has 0 radical (unpaired) electrons. The van der Waals surface area contributed by atoms with E-state index in [4.69, 9.17) is 18.9 Å². The average Bonchev–Trinajstić information content (AvgIpc) is 3.14. The fourth-order valence-electron chi connectivity index (χ4n) is 6.22. The van der Waals surface area contributed by atoms with E-state index < -0.39 is 71.2 Å².